The molecule has 1 aliphatic heterocycles. The molecule has 0 aromatic heterocycles. The fourth-order valence-electron chi connectivity index (χ4n) is 2.51. The van der Waals surface area contributed by atoms with Crippen LogP contribution < -0.4 is 4.90 Å². The second kappa shape index (κ2) is 3.55. The van der Waals surface area contributed by atoms with E-state index in [9.17, 15) is 14.4 Å². The van der Waals surface area contributed by atoms with Gasteiger partial charge in [-0.3, -0.25) is 14.4 Å². The summed E-state index contributed by atoms with van der Waals surface area (Å²) >= 11 is 5.93. The van der Waals surface area contributed by atoms with Gasteiger partial charge in [0.2, 0.25) is 11.8 Å². The van der Waals surface area contributed by atoms with Crippen LogP contribution in [-0.4, -0.2) is 22.9 Å². The van der Waals surface area contributed by atoms with Gasteiger partial charge in [-0.25, -0.2) is 4.90 Å². The summed E-state index contributed by atoms with van der Waals surface area (Å²) in [6.07, 6.45) is 0. The van der Waals surface area contributed by atoms with Crippen LogP contribution in [-0.2, 0) is 14.4 Å². The summed E-state index contributed by atoms with van der Waals surface area (Å²) in [6.45, 7) is 0. The Hall–Kier alpha value is -1.88. The number of halogens is 1. The molecule has 1 saturated carbocycles. The summed E-state index contributed by atoms with van der Waals surface area (Å²) in [4.78, 5) is 35.8. The molecular formula is C12H8ClNO4. The minimum atomic E-state index is -1.09. The quantitative estimate of drug-likeness (QED) is 0.814. The molecule has 1 heterocycles. The Labute approximate surface area is 107 Å². The number of fused-ring (bicyclic) bond motifs is 1. The van der Waals surface area contributed by atoms with Crippen molar-refractivity contribution in [3.05, 3.63) is 29.3 Å². The summed E-state index contributed by atoms with van der Waals surface area (Å²) in [7, 11) is 0. The van der Waals surface area contributed by atoms with Gasteiger partial charge in [0.1, 0.15) is 0 Å². The van der Waals surface area contributed by atoms with E-state index in [4.69, 9.17) is 16.7 Å². The van der Waals surface area contributed by atoms with Crippen molar-refractivity contribution < 1.29 is 19.5 Å². The van der Waals surface area contributed by atoms with Crippen LogP contribution in [0.2, 0.25) is 5.02 Å². The molecule has 1 aliphatic carbocycles. The van der Waals surface area contributed by atoms with Gasteiger partial charge in [-0.15, -0.1) is 0 Å². The van der Waals surface area contributed by atoms with Crippen LogP contribution in [0.3, 0.4) is 0 Å². The van der Waals surface area contributed by atoms with Crippen molar-refractivity contribution in [3.63, 3.8) is 0 Å². The molecule has 2 fully saturated rings. The molecule has 0 radical (unpaired) electrons. The highest BCUT2D eigenvalue weighted by molar-refractivity contribution is 6.36. The molecule has 2 aliphatic rings. The molecule has 1 saturated heterocycles. The zero-order valence-electron chi connectivity index (χ0n) is 9.04. The summed E-state index contributed by atoms with van der Waals surface area (Å²) in [6, 6.07) is 6.51. The van der Waals surface area contributed by atoms with Gasteiger partial charge in [0.15, 0.2) is 0 Å². The second-order valence-corrected chi connectivity index (χ2v) is 4.79. The predicted octanol–water partition coefficient (Wildman–Crippen LogP) is 1.16. The molecule has 1 aromatic carbocycles. The minimum Gasteiger partial charge on any atom is -0.481 e. The molecule has 5 nitrogen and oxygen atoms in total. The van der Waals surface area contributed by atoms with E-state index in [1.165, 1.54) is 0 Å². The average molecular weight is 266 g/mol. The molecule has 92 valence electrons. The number of para-hydroxylation sites is 1. The maximum Gasteiger partial charge on any atom is 0.308 e. The van der Waals surface area contributed by atoms with E-state index in [1.54, 1.807) is 24.3 Å². The smallest absolute Gasteiger partial charge is 0.308 e. The Balaban J connectivity index is 1.95. The van der Waals surface area contributed by atoms with Gasteiger partial charge in [0.05, 0.1) is 28.5 Å². The number of rotatable bonds is 2. The number of aliphatic carboxylic acids is 1. The highest BCUT2D eigenvalue weighted by atomic mass is 35.5. The summed E-state index contributed by atoms with van der Waals surface area (Å²) in [5.74, 6) is -4.32. The number of hydrogen-bond donors (Lipinski definition) is 1. The molecular weight excluding hydrogens is 258 g/mol. The van der Waals surface area contributed by atoms with Crippen LogP contribution in [0.25, 0.3) is 0 Å². The van der Waals surface area contributed by atoms with Crippen molar-refractivity contribution in [2.75, 3.05) is 4.90 Å². The summed E-state index contributed by atoms with van der Waals surface area (Å²) < 4.78 is 0. The van der Waals surface area contributed by atoms with Gasteiger partial charge in [-0.05, 0) is 12.1 Å². The number of piperidine rings is 1. The van der Waals surface area contributed by atoms with E-state index in [1.807, 2.05) is 0 Å². The Morgan fingerprint density at radius 2 is 1.72 bits per heavy atom. The maximum absolute atomic E-state index is 12.0. The fourth-order valence-corrected chi connectivity index (χ4v) is 2.73. The van der Waals surface area contributed by atoms with Gasteiger partial charge in [-0.1, -0.05) is 23.7 Å². The number of hydrogen-bond acceptors (Lipinski definition) is 3. The molecule has 2 atom stereocenters. The Morgan fingerprint density at radius 1 is 1.17 bits per heavy atom. The molecule has 3 rings (SSSR count). The largest absolute Gasteiger partial charge is 0.481 e. The van der Waals surface area contributed by atoms with Crippen molar-refractivity contribution in [2.45, 2.75) is 0 Å². The molecule has 0 bridgehead atoms. The number of benzene rings is 1. The monoisotopic (exact) mass is 265 g/mol. The second-order valence-electron chi connectivity index (χ2n) is 4.38. The van der Waals surface area contributed by atoms with Crippen LogP contribution in [0.1, 0.15) is 0 Å². The Bertz CT molecular complexity index is 563. The number of carboxylic acid groups (broad SMARTS) is 1. The van der Waals surface area contributed by atoms with E-state index in [-0.39, 0.29) is 0 Å². The molecule has 1 aromatic rings. The number of amides is 2. The topological polar surface area (TPSA) is 74.7 Å². The van der Waals surface area contributed by atoms with E-state index in [0.29, 0.717) is 10.7 Å². The molecule has 18 heavy (non-hydrogen) atoms. The lowest BCUT2D eigenvalue weighted by molar-refractivity contribution is -0.142. The van der Waals surface area contributed by atoms with E-state index in [2.05, 4.69) is 0 Å². The first-order chi connectivity index (χ1) is 8.54. The third kappa shape index (κ3) is 1.31. The van der Waals surface area contributed by atoms with E-state index in [0.717, 1.165) is 4.90 Å². The fraction of sp³-hybridized carbons (Fsp3) is 0.250. The van der Waals surface area contributed by atoms with E-state index < -0.39 is 35.5 Å². The van der Waals surface area contributed by atoms with Crippen molar-refractivity contribution in [1.29, 1.82) is 0 Å². The van der Waals surface area contributed by atoms with Crippen molar-refractivity contribution in [1.82, 2.24) is 0 Å². The molecule has 2 unspecified atom stereocenters. The van der Waals surface area contributed by atoms with Crippen LogP contribution in [0.4, 0.5) is 5.69 Å². The highest BCUT2D eigenvalue weighted by Crippen LogP contribution is 2.54. The van der Waals surface area contributed by atoms with Crippen molar-refractivity contribution in [2.24, 2.45) is 17.8 Å². The van der Waals surface area contributed by atoms with Crippen LogP contribution in [0.5, 0.6) is 0 Å². The highest BCUT2D eigenvalue weighted by Gasteiger charge is 2.70. The maximum atomic E-state index is 12.0. The van der Waals surface area contributed by atoms with E-state index >= 15 is 0 Å². The minimum absolute atomic E-state index is 0.298. The molecule has 1 N–H and O–H groups in total. The number of nitrogens with zero attached hydrogens (tertiary/aromatic N) is 1. The first-order valence-corrected chi connectivity index (χ1v) is 5.77. The van der Waals surface area contributed by atoms with Crippen molar-refractivity contribution >= 4 is 35.1 Å². The lowest BCUT2D eigenvalue weighted by atomic mass is 10.2. The van der Waals surface area contributed by atoms with Crippen LogP contribution >= 0.6 is 11.6 Å². The van der Waals surface area contributed by atoms with Gasteiger partial charge in [0, 0.05) is 0 Å². The predicted molar refractivity (Wildman–Crippen MR) is 62.1 cm³/mol. The summed E-state index contributed by atoms with van der Waals surface area (Å²) in [5.41, 5.74) is 0.325. The number of imide groups is 1. The standard InChI is InChI=1S/C12H8ClNO4/c13-5-3-1-2-4-6(5)14-10(15)7-8(11(14)16)9(7)12(17)18/h1-4,7-9H,(H,17,18). The van der Waals surface area contributed by atoms with Gasteiger partial charge >= 0.3 is 5.97 Å². The summed E-state index contributed by atoms with van der Waals surface area (Å²) in [5, 5.41) is 9.16. The van der Waals surface area contributed by atoms with Crippen LogP contribution in [0.15, 0.2) is 24.3 Å². The Morgan fingerprint density at radius 3 is 2.22 bits per heavy atom. The Kier molecular flexibility index (Phi) is 2.22. The molecule has 0 spiro atoms. The van der Waals surface area contributed by atoms with Crippen LogP contribution in [0, 0.1) is 17.8 Å². The zero-order valence-corrected chi connectivity index (χ0v) is 9.79. The van der Waals surface area contributed by atoms with Gasteiger partial charge in [0.25, 0.3) is 0 Å². The number of anilines is 1. The first-order valence-electron chi connectivity index (χ1n) is 5.39. The van der Waals surface area contributed by atoms with Gasteiger partial charge < -0.3 is 5.11 Å². The molecule has 2 amide bonds. The van der Waals surface area contributed by atoms with Crippen molar-refractivity contribution in [3.8, 4) is 0 Å². The first kappa shape index (κ1) is 11.2. The lowest BCUT2D eigenvalue weighted by Crippen LogP contribution is -2.35. The third-order valence-corrected chi connectivity index (χ3v) is 3.73. The zero-order chi connectivity index (χ0) is 13.0. The molecule has 6 heteroatoms. The number of carbonyl (C=O) groups is 3. The lowest BCUT2D eigenvalue weighted by Gasteiger charge is -2.18. The number of carbonyl (C=O) groups excluding carboxylic acids is 2. The normalized spacial score (nSPS) is 29.4. The van der Waals surface area contributed by atoms with Gasteiger partial charge in [-0.2, -0.15) is 0 Å². The average Bonchev–Trinajstić information content (AvgIpc) is 3.01. The third-order valence-electron chi connectivity index (χ3n) is 3.41. The number of carboxylic acids is 1. The SMILES string of the molecule is O=C(O)C1C2C(=O)N(c3ccccc3Cl)C(=O)C12.